The molecule has 0 aromatic carbocycles. The van der Waals surface area contributed by atoms with E-state index in [0.29, 0.717) is 25.7 Å². The fourth-order valence-electron chi connectivity index (χ4n) is 16.0. The number of allylic oxidation sites excluding steroid dienone is 2. The van der Waals surface area contributed by atoms with E-state index >= 15 is 0 Å². The zero-order valence-electron chi connectivity index (χ0n) is 44.6. The van der Waals surface area contributed by atoms with E-state index in [9.17, 15) is 71.5 Å². The van der Waals surface area contributed by atoms with Crippen LogP contribution in [0.1, 0.15) is 113 Å². The molecule has 4 saturated carbocycles. The second-order valence-electron chi connectivity index (χ2n) is 25.0. The van der Waals surface area contributed by atoms with E-state index in [0.717, 1.165) is 44.1 Å². The minimum absolute atomic E-state index is 0.0346. The van der Waals surface area contributed by atoms with Gasteiger partial charge in [0, 0.05) is 12.0 Å². The molecular weight excluding hydrogens is 989 g/mol. The Morgan fingerprint density at radius 2 is 1.17 bits per heavy atom. The monoisotopic (exact) mass is 1080 g/mol. The average Bonchev–Trinajstić information content (AvgIpc) is 3.74. The minimum Gasteiger partial charge on any atom is -0.396 e. The molecule has 4 aliphatic carbocycles. The molecule has 28 unspecified atom stereocenters. The van der Waals surface area contributed by atoms with Crippen molar-refractivity contribution in [3.05, 3.63) is 11.6 Å². The Labute approximate surface area is 439 Å². The third-order valence-electron chi connectivity index (χ3n) is 20.5. The summed E-state index contributed by atoms with van der Waals surface area (Å²) >= 11 is 0. The van der Waals surface area contributed by atoms with Crippen LogP contribution in [0.4, 0.5) is 0 Å². The van der Waals surface area contributed by atoms with Gasteiger partial charge in [0.05, 0.1) is 38.1 Å². The van der Waals surface area contributed by atoms with Crippen LogP contribution in [0.5, 0.6) is 0 Å². The molecule has 4 heterocycles. The van der Waals surface area contributed by atoms with Crippen LogP contribution in [-0.4, -0.2) is 233 Å². The number of hydrogen-bond donors (Lipinski definition) is 14. The predicted molar refractivity (Wildman–Crippen MR) is 260 cm³/mol. The first kappa shape index (κ1) is 60.0. The predicted octanol–water partition coefficient (Wildman–Crippen LogP) is -1.56. The van der Waals surface area contributed by atoms with E-state index in [1.54, 1.807) is 0 Å². The highest BCUT2D eigenvalue weighted by molar-refractivity contribution is 5.20. The first-order valence-electron chi connectivity index (χ1n) is 27.4. The number of hydrogen-bond acceptors (Lipinski definition) is 22. The molecule has 4 aliphatic heterocycles. The van der Waals surface area contributed by atoms with Crippen LogP contribution in [0.3, 0.4) is 0 Å². The van der Waals surface area contributed by atoms with E-state index in [-0.39, 0.29) is 47.7 Å². The Bertz CT molecular complexity index is 1930. The first-order chi connectivity index (χ1) is 35.2. The molecule has 0 spiro atoms. The highest BCUT2D eigenvalue weighted by Gasteiger charge is 2.71. The Kier molecular flexibility index (Phi) is 18.4. The second-order valence-corrected chi connectivity index (χ2v) is 25.0. The molecule has 8 fully saturated rings. The maximum atomic E-state index is 11.9. The normalized spacial score (nSPS) is 51.7. The number of aliphatic hydroxyl groups excluding tert-OH is 14. The van der Waals surface area contributed by atoms with Crippen molar-refractivity contribution in [1.82, 2.24) is 0 Å². The Balaban J connectivity index is 1.01. The van der Waals surface area contributed by atoms with Crippen molar-refractivity contribution in [1.29, 1.82) is 0 Å². The first-order valence-corrected chi connectivity index (χ1v) is 27.4. The molecular formula is C53H90O22. The summed E-state index contributed by atoms with van der Waals surface area (Å²) in [5.41, 5.74) is -1.42. The minimum atomic E-state index is -1.82. The lowest BCUT2D eigenvalue weighted by atomic mass is 9.35. The smallest absolute Gasteiger partial charge is 0.187 e. The van der Waals surface area contributed by atoms with Gasteiger partial charge in [-0.1, -0.05) is 39.3 Å². The maximum Gasteiger partial charge on any atom is 0.187 e. The van der Waals surface area contributed by atoms with Gasteiger partial charge in [-0.3, -0.25) is 0 Å². The van der Waals surface area contributed by atoms with E-state index < -0.39 is 159 Å². The Hall–Kier alpha value is -1.14. The number of ether oxygens (including phenoxy) is 8. The van der Waals surface area contributed by atoms with Crippen molar-refractivity contribution in [3.63, 3.8) is 0 Å². The van der Waals surface area contributed by atoms with Gasteiger partial charge in [0.2, 0.25) is 0 Å². The molecule has 22 nitrogen and oxygen atoms in total. The van der Waals surface area contributed by atoms with E-state index in [1.807, 2.05) is 20.8 Å². The summed E-state index contributed by atoms with van der Waals surface area (Å²) < 4.78 is 48.8. The summed E-state index contributed by atoms with van der Waals surface area (Å²) in [4.78, 5) is 0. The largest absolute Gasteiger partial charge is 0.396 e. The summed E-state index contributed by atoms with van der Waals surface area (Å²) in [6, 6.07) is 0. The van der Waals surface area contributed by atoms with E-state index in [2.05, 4.69) is 33.8 Å². The molecule has 0 amide bonds. The van der Waals surface area contributed by atoms with Crippen molar-refractivity contribution in [2.24, 2.45) is 45.3 Å². The molecule has 14 N–H and O–H groups in total. The van der Waals surface area contributed by atoms with Crippen LogP contribution in [0.25, 0.3) is 0 Å². The van der Waals surface area contributed by atoms with Gasteiger partial charge in [-0.2, -0.15) is 0 Å². The molecule has 0 aromatic rings. The van der Waals surface area contributed by atoms with Gasteiger partial charge in [-0.05, 0) is 125 Å². The average molecular weight is 1080 g/mol. The maximum absolute atomic E-state index is 11.9. The Morgan fingerprint density at radius 3 is 1.81 bits per heavy atom. The van der Waals surface area contributed by atoms with Crippen molar-refractivity contribution >= 4 is 0 Å². The summed E-state index contributed by atoms with van der Waals surface area (Å²) in [5.74, 6) is 0.135. The quantitative estimate of drug-likeness (QED) is 0.0614. The molecule has 0 bridgehead atoms. The molecule has 22 heteroatoms. The molecule has 28 atom stereocenters. The van der Waals surface area contributed by atoms with Crippen LogP contribution >= 0.6 is 0 Å². The molecule has 434 valence electrons. The lowest BCUT2D eigenvalue weighted by molar-refractivity contribution is -0.379. The van der Waals surface area contributed by atoms with Gasteiger partial charge in [0.25, 0.3) is 0 Å². The highest BCUT2D eigenvalue weighted by Crippen LogP contribution is 2.76. The third kappa shape index (κ3) is 10.6. The van der Waals surface area contributed by atoms with Crippen molar-refractivity contribution in [2.75, 3.05) is 33.0 Å². The number of rotatable bonds is 16. The zero-order chi connectivity index (χ0) is 54.9. The fourth-order valence-corrected chi connectivity index (χ4v) is 16.0. The van der Waals surface area contributed by atoms with E-state index in [1.165, 1.54) is 0 Å². The fraction of sp³-hybridized carbons (Fsp3) is 0.962. The van der Waals surface area contributed by atoms with Gasteiger partial charge >= 0.3 is 0 Å². The number of fused-ring (bicyclic) bond motifs is 5. The van der Waals surface area contributed by atoms with Gasteiger partial charge in [0.1, 0.15) is 91.6 Å². The molecule has 0 aromatic heterocycles. The lowest BCUT2D eigenvalue weighted by Crippen LogP contribution is -2.68. The van der Waals surface area contributed by atoms with Gasteiger partial charge < -0.3 is 109 Å². The lowest BCUT2D eigenvalue weighted by Gasteiger charge is -2.70. The van der Waals surface area contributed by atoms with Crippen molar-refractivity contribution in [2.45, 2.75) is 241 Å². The molecule has 0 radical (unpaired) electrons. The van der Waals surface area contributed by atoms with Gasteiger partial charge in [-0.15, -0.1) is 0 Å². The van der Waals surface area contributed by atoms with Crippen molar-refractivity contribution < 1.29 is 109 Å². The summed E-state index contributed by atoms with van der Waals surface area (Å²) in [5, 5.41) is 150. The Morgan fingerprint density at radius 1 is 0.587 bits per heavy atom. The molecule has 8 rings (SSSR count). The number of aliphatic hydroxyl groups is 14. The van der Waals surface area contributed by atoms with Crippen LogP contribution in [0, 0.1) is 45.3 Å². The summed E-state index contributed by atoms with van der Waals surface area (Å²) in [6.07, 6.45) is -20.5. The summed E-state index contributed by atoms with van der Waals surface area (Å²) in [7, 11) is 0. The zero-order valence-corrected chi connectivity index (χ0v) is 44.6. The topological polar surface area (TPSA) is 357 Å². The van der Waals surface area contributed by atoms with Crippen molar-refractivity contribution in [3.8, 4) is 0 Å². The van der Waals surface area contributed by atoms with Crippen LogP contribution in [0.15, 0.2) is 11.6 Å². The van der Waals surface area contributed by atoms with Gasteiger partial charge in [-0.25, -0.2) is 0 Å². The molecule has 8 aliphatic rings. The SMILES string of the molecule is CC(C)=CCCC(C)(OC1OC(COC2OCC(O)C(O)C2O)C(O)C(O)C1O)C1CCC2(C)C1CCC1C3(CO)CCC(OC4OC(CO)C(O)C(O)C4OC4OC(CO)C(O)C(O)C4O)C(C)(C)C3CCC12C. The third-order valence-corrected chi connectivity index (χ3v) is 20.5. The second kappa shape index (κ2) is 23.0. The van der Waals surface area contributed by atoms with Gasteiger partial charge in [0.15, 0.2) is 25.2 Å². The molecule has 75 heavy (non-hydrogen) atoms. The highest BCUT2D eigenvalue weighted by atomic mass is 16.8. The standard InChI is InChI=1S/C53H90O22/c1-24(2)9-8-15-52(7,75-47-43(67)39(63)37(61)30(72-47)22-69-45-41(65)34(58)27(57)21-68-45)26-12-16-50(5)25(26)10-11-32-51(50,6)17-13-31-49(3,4)33(14-18-53(31,32)23-56)73-48-44(40(64)36(60)29(20-55)71-48)74-46-42(66)38(62)35(59)28(19-54)70-46/h9,25-48,54-67H,8,10-23H2,1-7H3. The van der Waals surface area contributed by atoms with Crippen LogP contribution in [-0.2, 0) is 37.9 Å². The summed E-state index contributed by atoms with van der Waals surface area (Å²) in [6.45, 7) is 12.9. The van der Waals surface area contributed by atoms with E-state index in [4.69, 9.17) is 37.9 Å². The van der Waals surface area contributed by atoms with Crippen LogP contribution < -0.4 is 0 Å². The van der Waals surface area contributed by atoms with Crippen LogP contribution in [0.2, 0.25) is 0 Å². The molecule has 4 saturated heterocycles.